The number of rotatable bonds is 1. The monoisotopic (exact) mass is 311 g/mol. The largest absolute Gasteiger partial charge is 0.453 e. The van der Waals surface area contributed by atoms with Crippen molar-refractivity contribution in [3.05, 3.63) is 29.6 Å². The van der Waals surface area contributed by atoms with Gasteiger partial charge >= 0.3 is 6.18 Å². The highest BCUT2D eigenvalue weighted by molar-refractivity contribution is 7.19. The fourth-order valence-corrected chi connectivity index (χ4v) is 3.18. The summed E-state index contributed by atoms with van der Waals surface area (Å²) in [5.74, 6) is -1.09. The second-order valence-electron chi connectivity index (χ2n) is 4.67. The summed E-state index contributed by atoms with van der Waals surface area (Å²) >= 11 is 1.09. The van der Waals surface area contributed by atoms with E-state index >= 15 is 0 Å². The van der Waals surface area contributed by atoms with Crippen LogP contribution in [0.1, 0.15) is 11.4 Å². The van der Waals surface area contributed by atoms with Crippen molar-refractivity contribution in [2.45, 2.75) is 12.6 Å². The van der Waals surface area contributed by atoms with Gasteiger partial charge in [-0.15, -0.1) is 10.2 Å². The Hall–Kier alpha value is -2.16. The van der Waals surface area contributed by atoms with Crippen molar-refractivity contribution in [1.82, 2.24) is 19.8 Å². The third-order valence-electron chi connectivity index (χ3n) is 3.31. The molecule has 0 saturated carbocycles. The minimum absolute atomic E-state index is 0.135. The Morgan fingerprint density at radius 1 is 1.24 bits per heavy atom. The lowest BCUT2D eigenvalue weighted by atomic mass is 10.1. The Morgan fingerprint density at radius 2 is 2.10 bits per heavy atom. The number of hydrogen-bond donors (Lipinski definition) is 1. The van der Waals surface area contributed by atoms with Gasteiger partial charge < -0.3 is 5.32 Å². The molecule has 9 heteroatoms. The summed E-state index contributed by atoms with van der Waals surface area (Å²) in [6.07, 6.45) is -3.66. The quantitative estimate of drug-likeness (QED) is 0.751. The van der Waals surface area contributed by atoms with E-state index in [1.807, 2.05) is 18.2 Å². The number of nitrogens with one attached hydrogen (secondary N) is 1. The standard InChI is InChI=1S/C12H8F3N5S/c13-12(14,15)10-17-18-11-20(10)19-9(21-11)7-1-2-8-6(5-7)3-4-16-8/h1-2,5,16H,3-4H2. The lowest BCUT2D eigenvalue weighted by Gasteiger charge is -2.02. The predicted molar refractivity (Wildman–Crippen MR) is 71.3 cm³/mol. The molecule has 4 rings (SSSR count). The van der Waals surface area contributed by atoms with E-state index in [0.29, 0.717) is 5.01 Å². The van der Waals surface area contributed by atoms with Crippen LogP contribution in [-0.2, 0) is 12.6 Å². The molecule has 1 aromatic carbocycles. The SMILES string of the molecule is FC(F)(F)c1nnc2sc(-c3ccc4c(c3)CCN4)nn12. The number of benzene rings is 1. The molecule has 2 aromatic heterocycles. The molecule has 21 heavy (non-hydrogen) atoms. The minimum Gasteiger partial charge on any atom is -0.384 e. The number of fused-ring (bicyclic) bond motifs is 2. The van der Waals surface area contributed by atoms with Crippen LogP contribution in [-0.4, -0.2) is 26.4 Å². The van der Waals surface area contributed by atoms with Crippen molar-refractivity contribution < 1.29 is 13.2 Å². The maximum Gasteiger partial charge on any atom is 0.453 e. The number of nitrogens with zero attached hydrogens (tertiary/aromatic N) is 4. The molecule has 0 fully saturated rings. The van der Waals surface area contributed by atoms with Crippen molar-refractivity contribution in [2.75, 3.05) is 11.9 Å². The zero-order valence-electron chi connectivity index (χ0n) is 10.5. The molecule has 0 saturated heterocycles. The van der Waals surface area contributed by atoms with Crippen LogP contribution < -0.4 is 5.32 Å². The molecule has 0 bridgehead atoms. The third kappa shape index (κ3) is 1.96. The average Bonchev–Trinajstić information content (AvgIpc) is 3.10. The normalized spacial score (nSPS) is 14.4. The zero-order chi connectivity index (χ0) is 14.6. The van der Waals surface area contributed by atoms with E-state index in [1.54, 1.807) is 0 Å². The van der Waals surface area contributed by atoms with E-state index in [1.165, 1.54) is 0 Å². The summed E-state index contributed by atoms with van der Waals surface area (Å²) in [4.78, 5) is 0.135. The fourth-order valence-electron chi connectivity index (χ4n) is 2.35. The number of aromatic nitrogens is 4. The van der Waals surface area contributed by atoms with Crippen molar-refractivity contribution in [2.24, 2.45) is 0 Å². The maximum atomic E-state index is 12.8. The Balaban J connectivity index is 1.82. The van der Waals surface area contributed by atoms with Gasteiger partial charge in [0.15, 0.2) is 0 Å². The molecule has 1 N–H and O–H groups in total. The lowest BCUT2D eigenvalue weighted by molar-refractivity contribution is -0.146. The number of halogens is 3. The van der Waals surface area contributed by atoms with Crippen LogP contribution in [0.4, 0.5) is 18.9 Å². The highest BCUT2D eigenvalue weighted by atomic mass is 32.1. The molecule has 3 heterocycles. The highest BCUT2D eigenvalue weighted by Gasteiger charge is 2.38. The van der Waals surface area contributed by atoms with Gasteiger partial charge in [-0.1, -0.05) is 11.3 Å². The first kappa shape index (κ1) is 12.6. The summed E-state index contributed by atoms with van der Waals surface area (Å²) in [7, 11) is 0. The second-order valence-corrected chi connectivity index (χ2v) is 5.63. The van der Waals surface area contributed by atoms with E-state index < -0.39 is 12.0 Å². The van der Waals surface area contributed by atoms with Gasteiger partial charge in [-0.05, 0) is 30.2 Å². The van der Waals surface area contributed by atoms with E-state index in [2.05, 4.69) is 20.6 Å². The van der Waals surface area contributed by atoms with Crippen LogP contribution in [0.15, 0.2) is 18.2 Å². The Bertz CT molecular complexity index is 835. The van der Waals surface area contributed by atoms with Gasteiger partial charge in [-0.25, -0.2) is 0 Å². The van der Waals surface area contributed by atoms with E-state index in [4.69, 9.17) is 0 Å². The van der Waals surface area contributed by atoms with Gasteiger partial charge in [-0.3, -0.25) is 0 Å². The molecule has 3 aromatic rings. The minimum atomic E-state index is -4.56. The molecule has 0 spiro atoms. The highest BCUT2D eigenvalue weighted by Crippen LogP contribution is 2.33. The molecule has 108 valence electrons. The molecule has 0 unspecified atom stereocenters. The maximum absolute atomic E-state index is 12.8. The topological polar surface area (TPSA) is 55.1 Å². The molecular weight excluding hydrogens is 303 g/mol. The van der Waals surface area contributed by atoms with Crippen LogP contribution in [0.3, 0.4) is 0 Å². The van der Waals surface area contributed by atoms with E-state index in [9.17, 15) is 13.2 Å². The van der Waals surface area contributed by atoms with Gasteiger partial charge in [0.25, 0.3) is 5.82 Å². The van der Waals surface area contributed by atoms with Gasteiger partial charge in [0, 0.05) is 17.8 Å². The molecule has 0 radical (unpaired) electrons. The first-order valence-corrected chi connectivity index (χ1v) is 7.00. The Kier molecular flexibility index (Phi) is 2.49. The van der Waals surface area contributed by atoms with Gasteiger partial charge in [0.05, 0.1) is 0 Å². The predicted octanol–water partition coefficient (Wildman–Crippen LogP) is 2.84. The van der Waals surface area contributed by atoms with Crippen LogP contribution in [0.5, 0.6) is 0 Å². The average molecular weight is 311 g/mol. The van der Waals surface area contributed by atoms with Crippen LogP contribution >= 0.6 is 11.3 Å². The van der Waals surface area contributed by atoms with Crippen molar-refractivity contribution in [1.29, 1.82) is 0 Å². The smallest absolute Gasteiger partial charge is 0.384 e. The lowest BCUT2D eigenvalue weighted by Crippen LogP contribution is -2.11. The van der Waals surface area contributed by atoms with Crippen LogP contribution in [0, 0.1) is 0 Å². The molecule has 5 nitrogen and oxygen atoms in total. The summed E-state index contributed by atoms with van der Waals surface area (Å²) in [5, 5.41) is 14.4. The summed E-state index contributed by atoms with van der Waals surface area (Å²) in [6.45, 7) is 0.877. The summed E-state index contributed by atoms with van der Waals surface area (Å²) < 4.78 is 39.1. The molecule has 0 aliphatic carbocycles. The molecular formula is C12H8F3N5S. The Morgan fingerprint density at radius 3 is 2.90 bits per heavy atom. The van der Waals surface area contributed by atoms with Crippen molar-refractivity contribution in [3.8, 4) is 10.6 Å². The number of hydrogen-bond acceptors (Lipinski definition) is 5. The summed E-state index contributed by atoms with van der Waals surface area (Å²) in [5.41, 5.74) is 3.01. The van der Waals surface area contributed by atoms with Crippen LogP contribution in [0.25, 0.3) is 15.5 Å². The zero-order valence-corrected chi connectivity index (χ0v) is 11.3. The van der Waals surface area contributed by atoms with Crippen LogP contribution in [0.2, 0.25) is 0 Å². The number of anilines is 1. The molecule has 0 atom stereocenters. The molecule has 1 aliphatic heterocycles. The van der Waals surface area contributed by atoms with Gasteiger partial charge in [-0.2, -0.15) is 22.8 Å². The fraction of sp³-hybridized carbons (Fsp3) is 0.250. The Labute approximate surface area is 120 Å². The van der Waals surface area contributed by atoms with E-state index in [0.717, 1.165) is 45.6 Å². The van der Waals surface area contributed by atoms with Gasteiger partial charge in [0.1, 0.15) is 5.01 Å². The first-order valence-electron chi connectivity index (χ1n) is 6.19. The summed E-state index contributed by atoms with van der Waals surface area (Å²) in [6, 6.07) is 5.72. The number of alkyl halides is 3. The molecule has 0 amide bonds. The van der Waals surface area contributed by atoms with Gasteiger partial charge in [0.2, 0.25) is 4.96 Å². The third-order valence-corrected chi connectivity index (χ3v) is 4.25. The first-order chi connectivity index (χ1) is 10.0. The second kappa shape index (κ2) is 4.17. The van der Waals surface area contributed by atoms with E-state index in [-0.39, 0.29) is 4.96 Å². The van der Waals surface area contributed by atoms with Crippen molar-refractivity contribution in [3.63, 3.8) is 0 Å². The van der Waals surface area contributed by atoms with Crippen molar-refractivity contribution >= 4 is 22.0 Å². The molecule has 1 aliphatic rings.